The average Bonchev–Trinajstić information content (AvgIpc) is 2.47. The summed E-state index contributed by atoms with van der Waals surface area (Å²) >= 11 is 0. The molecule has 0 saturated heterocycles. The number of Topliss-reactive ketones (excluding diaryl/α,β-unsaturated/α-hetero) is 3. The maximum Gasteiger partial charge on any atom is 0.289 e. The first-order valence-corrected chi connectivity index (χ1v) is 9.00. The van der Waals surface area contributed by atoms with Crippen molar-refractivity contribution in [2.75, 3.05) is 6.54 Å². The Balaban J connectivity index is 4.67. The molecule has 0 aliphatic rings. The quantitative estimate of drug-likeness (QED) is 0.554. The van der Waals surface area contributed by atoms with Crippen LogP contribution in [0.1, 0.15) is 67.7 Å². The summed E-state index contributed by atoms with van der Waals surface area (Å²) in [6, 6.07) is -0.569. The van der Waals surface area contributed by atoms with Gasteiger partial charge < -0.3 is 10.6 Å². The van der Waals surface area contributed by atoms with Crippen LogP contribution in [0, 0.1) is 11.8 Å². The Kier molecular flexibility index (Phi) is 9.78. The van der Waals surface area contributed by atoms with Gasteiger partial charge in [-0.25, -0.2) is 0 Å². The molecule has 0 radical (unpaired) electrons. The van der Waals surface area contributed by atoms with E-state index < -0.39 is 17.7 Å². The van der Waals surface area contributed by atoms with Crippen LogP contribution in [0.25, 0.3) is 0 Å². The summed E-state index contributed by atoms with van der Waals surface area (Å²) in [4.78, 5) is 48.0. The largest absolute Gasteiger partial charge is 0.342 e. The Hall–Kier alpha value is -1.56. The van der Waals surface area contributed by atoms with Gasteiger partial charge >= 0.3 is 0 Å². The van der Waals surface area contributed by atoms with Crippen molar-refractivity contribution in [2.45, 2.75) is 79.3 Å². The third-order valence-corrected chi connectivity index (χ3v) is 3.95. The van der Waals surface area contributed by atoms with Crippen molar-refractivity contribution < 1.29 is 19.2 Å². The minimum Gasteiger partial charge on any atom is -0.342 e. The standard InChI is InChI=1S/C19H34N2O4/c1-8-9-16(21-19(5,6)7)17(24)18(25)20-11-14(23)10-15(12(2)3)13(4)22/h12,15-16,21H,8-11H2,1-7H3,(H,20,25). The molecule has 2 unspecified atom stereocenters. The normalized spacial score (nSPS) is 14.1. The molecule has 1 amide bonds. The van der Waals surface area contributed by atoms with Crippen LogP contribution in [0.3, 0.4) is 0 Å². The van der Waals surface area contributed by atoms with E-state index in [0.29, 0.717) is 6.42 Å². The second-order valence-electron chi connectivity index (χ2n) is 7.99. The van der Waals surface area contributed by atoms with E-state index in [0.717, 1.165) is 6.42 Å². The SMILES string of the molecule is CCCC(NC(C)(C)C)C(=O)C(=O)NCC(=O)CC(C(C)=O)C(C)C. The molecule has 2 atom stereocenters. The van der Waals surface area contributed by atoms with E-state index in [1.165, 1.54) is 6.92 Å². The van der Waals surface area contributed by atoms with Crippen LogP contribution in [-0.2, 0) is 19.2 Å². The molecule has 0 aromatic heterocycles. The lowest BCUT2D eigenvalue weighted by Crippen LogP contribution is -2.52. The van der Waals surface area contributed by atoms with Crippen molar-refractivity contribution in [3.63, 3.8) is 0 Å². The molecule has 6 heteroatoms. The van der Waals surface area contributed by atoms with Crippen molar-refractivity contribution in [2.24, 2.45) is 11.8 Å². The molecule has 0 fully saturated rings. The molecule has 25 heavy (non-hydrogen) atoms. The van der Waals surface area contributed by atoms with Crippen LogP contribution in [0.15, 0.2) is 0 Å². The number of amides is 1. The van der Waals surface area contributed by atoms with E-state index in [1.54, 1.807) is 0 Å². The Labute approximate surface area is 151 Å². The predicted octanol–water partition coefficient (Wildman–Crippen LogP) is 2.05. The number of rotatable bonds is 11. The fourth-order valence-electron chi connectivity index (χ4n) is 2.67. The highest BCUT2D eigenvalue weighted by molar-refractivity contribution is 6.38. The van der Waals surface area contributed by atoms with Gasteiger partial charge in [0, 0.05) is 17.9 Å². The van der Waals surface area contributed by atoms with Crippen LogP contribution in [0.2, 0.25) is 0 Å². The van der Waals surface area contributed by atoms with Gasteiger partial charge in [0.2, 0.25) is 5.78 Å². The highest BCUT2D eigenvalue weighted by atomic mass is 16.2. The zero-order chi connectivity index (χ0) is 19.8. The van der Waals surface area contributed by atoms with E-state index >= 15 is 0 Å². The summed E-state index contributed by atoms with van der Waals surface area (Å²) in [5.41, 5.74) is -0.294. The topological polar surface area (TPSA) is 92.3 Å². The summed E-state index contributed by atoms with van der Waals surface area (Å²) in [5.74, 6) is -1.89. The molecule has 0 saturated carbocycles. The van der Waals surface area contributed by atoms with Gasteiger partial charge in [-0.1, -0.05) is 27.2 Å². The lowest BCUT2D eigenvalue weighted by atomic mass is 9.87. The van der Waals surface area contributed by atoms with Crippen molar-refractivity contribution in [3.05, 3.63) is 0 Å². The maximum atomic E-state index is 12.3. The summed E-state index contributed by atoms with van der Waals surface area (Å²) in [6.07, 6.45) is 1.40. The number of hydrogen-bond acceptors (Lipinski definition) is 5. The van der Waals surface area contributed by atoms with Crippen molar-refractivity contribution >= 4 is 23.3 Å². The maximum absolute atomic E-state index is 12.3. The van der Waals surface area contributed by atoms with E-state index in [1.807, 2.05) is 41.5 Å². The second kappa shape index (κ2) is 10.4. The van der Waals surface area contributed by atoms with Gasteiger partial charge in [0.1, 0.15) is 5.78 Å². The Morgan fingerprint density at radius 2 is 1.60 bits per heavy atom. The first-order chi connectivity index (χ1) is 11.4. The number of ketones is 3. The fourth-order valence-corrected chi connectivity index (χ4v) is 2.67. The van der Waals surface area contributed by atoms with Crippen LogP contribution in [0.4, 0.5) is 0 Å². The van der Waals surface area contributed by atoms with Crippen LogP contribution < -0.4 is 10.6 Å². The number of carbonyl (C=O) groups excluding carboxylic acids is 4. The molecule has 0 bridgehead atoms. The molecular weight excluding hydrogens is 320 g/mol. The zero-order valence-corrected chi connectivity index (χ0v) is 16.7. The Bertz CT molecular complexity index is 492. The Morgan fingerprint density at radius 1 is 1.04 bits per heavy atom. The van der Waals surface area contributed by atoms with E-state index in [-0.39, 0.29) is 41.9 Å². The van der Waals surface area contributed by atoms with Crippen LogP contribution in [-0.4, -0.2) is 41.4 Å². The van der Waals surface area contributed by atoms with Crippen molar-refractivity contribution in [1.29, 1.82) is 0 Å². The molecule has 0 aromatic carbocycles. The predicted molar refractivity (Wildman–Crippen MR) is 98.2 cm³/mol. The lowest BCUT2D eigenvalue weighted by Gasteiger charge is -2.27. The summed E-state index contributed by atoms with van der Waals surface area (Å²) < 4.78 is 0. The second-order valence-corrected chi connectivity index (χ2v) is 7.99. The first kappa shape index (κ1) is 23.4. The monoisotopic (exact) mass is 354 g/mol. The molecule has 0 rings (SSSR count). The molecule has 6 nitrogen and oxygen atoms in total. The van der Waals surface area contributed by atoms with Crippen LogP contribution in [0.5, 0.6) is 0 Å². The van der Waals surface area contributed by atoms with Gasteiger partial charge in [0.15, 0.2) is 5.78 Å². The summed E-state index contributed by atoms with van der Waals surface area (Å²) in [6.45, 7) is 12.7. The summed E-state index contributed by atoms with van der Waals surface area (Å²) in [5, 5.41) is 5.55. The zero-order valence-electron chi connectivity index (χ0n) is 16.7. The minimum atomic E-state index is -0.757. The number of carbonyl (C=O) groups is 4. The molecule has 2 N–H and O–H groups in total. The summed E-state index contributed by atoms with van der Waals surface area (Å²) in [7, 11) is 0. The average molecular weight is 354 g/mol. The van der Waals surface area contributed by atoms with E-state index in [4.69, 9.17) is 0 Å². The molecule has 0 aromatic rings. The molecular formula is C19H34N2O4. The smallest absolute Gasteiger partial charge is 0.289 e. The van der Waals surface area contributed by atoms with Gasteiger partial charge in [-0.2, -0.15) is 0 Å². The van der Waals surface area contributed by atoms with Gasteiger partial charge in [-0.3, -0.25) is 19.2 Å². The van der Waals surface area contributed by atoms with Gasteiger partial charge in [-0.05, 0) is 40.0 Å². The van der Waals surface area contributed by atoms with Gasteiger partial charge in [0.25, 0.3) is 5.91 Å². The fraction of sp³-hybridized carbons (Fsp3) is 0.789. The van der Waals surface area contributed by atoms with E-state index in [9.17, 15) is 19.2 Å². The molecule has 0 aliphatic carbocycles. The number of nitrogens with one attached hydrogen (secondary N) is 2. The molecule has 0 heterocycles. The highest BCUT2D eigenvalue weighted by Crippen LogP contribution is 2.16. The van der Waals surface area contributed by atoms with Gasteiger partial charge in [0.05, 0.1) is 12.6 Å². The van der Waals surface area contributed by atoms with Crippen LogP contribution >= 0.6 is 0 Å². The molecule has 0 aliphatic heterocycles. The Morgan fingerprint density at radius 3 is 2.00 bits per heavy atom. The first-order valence-electron chi connectivity index (χ1n) is 9.00. The molecule has 0 spiro atoms. The molecule has 144 valence electrons. The van der Waals surface area contributed by atoms with Crippen molar-refractivity contribution in [1.82, 2.24) is 10.6 Å². The lowest BCUT2D eigenvalue weighted by molar-refractivity contribution is -0.140. The highest BCUT2D eigenvalue weighted by Gasteiger charge is 2.28. The number of hydrogen-bond donors (Lipinski definition) is 2. The third kappa shape index (κ3) is 9.48. The van der Waals surface area contributed by atoms with E-state index in [2.05, 4.69) is 10.6 Å². The third-order valence-electron chi connectivity index (χ3n) is 3.95. The van der Waals surface area contributed by atoms with Gasteiger partial charge in [-0.15, -0.1) is 0 Å². The van der Waals surface area contributed by atoms with Crippen molar-refractivity contribution in [3.8, 4) is 0 Å². The minimum absolute atomic E-state index is 0.0388.